The van der Waals surface area contributed by atoms with Gasteiger partial charge in [0.15, 0.2) is 0 Å². The van der Waals surface area contributed by atoms with Crippen LogP contribution in [0.2, 0.25) is 0 Å². The first-order valence-corrected chi connectivity index (χ1v) is 8.09. The van der Waals surface area contributed by atoms with E-state index in [2.05, 4.69) is 24.3 Å². The molecule has 2 rings (SSSR count). The maximum atomic E-state index is 12.5. The van der Waals surface area contributed by atoms with Gasteiger partial charge in [-0.1, -0.05) is 6.92 Å². The number of amides is 1. The maximum Gasteiger partial charge on any atom is 0.326 e. The van der Waals surface area contributed by atoms with Gasteiger partial charge in [-0.25, -0.2) is 4.79 Å². The van der Waals surface area contributed by atoms with Crippen LogP contribution in [0.25, 0.3) is 0 Å². The van der Waals surface area contributed by atoms with Crippen LogP contribution in [0.5, 0.6) is 0 Å². The Labute approximate surface area is 136 Å². The highest BCUT2D eigenvalue weighted by Crippen LogP contribution is 2.42. The van der Waals surface area contributed by atoms with Crippen LogP contribution in [0.15, 0.2) is 6.20 Å². The number of methoxy groups -OCH3 is 1. The van der Waals surface area contributed by atoms with Gasteiger partial charge in [0.25, 0.3) is 5.91 Å². The molecule has 1 heterocycles. The minimum absolute atomic E-state index is 0.218. The molecular weight excluding hydrogens is 298 g/mol. The second-order valence-electron chi connectivity index (χ2n) is 6.07. The van der Waals surface area contributed by atoms with Crippen molar-refractivity contribution < 1.29 is 19.4 Å². The molecule has 2 unspecified atom stereocenters. The van der Waals surface area contributed by atoms with E-state index in [0.29, 0.717) is 11.5 Å². The molecule has 0 spiro atoms. The molecule has 7 nitrogen and oxygen atoms in total. The van der Waals surface area contributed by atoms with E-state index in [4.69, 9.17) is 4.74 Å². The van der Waals surface area contributed by atoms with E-state index in [1.165, 1.54) is 7.11 Å². The summed E-state index contributed by atoms with van der Waals surface area (Å²) in [6, 6.07) is -0.739. The van der Waals surface area contributed by atoms with Gasteiger partial charge in [0.2, 0.25) is 0 Å². The first-order chi connectivity index (χ1) is 11.0. The molecule has 1 amide bonds. The maximum absolute atomic E-state index is 12.5. The molecule has 1 aromatic rings. The Morgan fingerprint density at radius 2 is 2.22 bits per heavy atom. The number of carbonyl (C=O) groups is 2. The van der Waals surface area contributed by atoms with Gasteiger partial charge in [-0.15, -0.1) is 0 Å². The number of aromatic nitrogens is 2. The van der Waals surface area contributed by atoms with E-state index in [0.717, 1.165) is 25.0 Å². The minimum Gasteiger partial charge on any atom is -0.480 e. The molecule has 0 bridgehead atoms. The lowest BCUT2D eigenvalue weighted by atomic mass is 10.1. The van der Waals surface area contributed by atoms with Crippen molar-refractivity contribution in [1.82, 2.24) is 15.1 Å². The number of hydrogen-bond acceptors (Lipinski definition) is 4. The second-order valence-corrected chi connectivity index (χ2v) is 6.07. The molecule has 1 saturated carbocycles. The highest BCUT2D eigenvalue weighted by molar-refractivity contribution is 5.97. The fourth-order valence-corrected chi connectivity index (χ4v) is 2.56. The zero-order chi connectivity index (χ0) is 17.0. The van der Waals surface area contributed by atoms with E-state index < -0.39 is 12.0 Å². The van der Waals surface area contributed by atoms with Gasteiger partial charge >= 0.3 is 5.97 Å². The SMILES string of the molecule is CCC(C)n1ncc(C(=O)NC(CCOC)C(=O)O)c1C1CC1. The number of ether oxygens (including phenoxy) is 1. The van der Waals surface area contributed by atoms with Crippen molar-refractivity contribution in [3.8, 4) is 0 Å². The average molecular weight is 323 g/mol. The monoisotopic (exact) mass is 323 g/mol. The molecule has 1 aliphatic rings. The topological polar surface area (TPSA) is 93.5 Å². The molecule has 1 aliphatic carbocycles. The number of carboxylic acid groups (broad SMARTS) is 1. The molecule has 0 radical (unpaired) electrons. The number of nitrogens with zero attached hydrogens (tertiary/aromatic N) is 2. The van der Waals surface area contributed by atoms with Crippen LogP contribution in [0.1, 0.15) is 67.5 Å². The van der Waals surface area contributed by atoms with Crippen LogP contribution in [0.4, 0.5) is 0 Å². The summed E-state index contributed by atoms with van der Waals surface area (Å²) < 4.78 is 6.81. The molecule has 1 aromatic heterocycles. The Hall–Kier alpha value is -1.89. The van der Waals surface area contributed by atoms with E-state index in [1.807, 2.05) is 4.68 Å². The summed E-state index contributed by atoms with van der Waals surface area (Å²) in [5.41, 5.74) is 1.43. The Morgan fingerprint density at radius 3 is 2.74 bits per heavy atom. The molecule has 2 atom stereocenters. The summed E-state index contributed by atoms with van der Waals surface area (Å²) in [6.45, 7) is 4.42. The number of carboxylic acids is 1. The smallest absolute Gasteiger partial charge is 0.326 e. The van der Waals surface area contributed by atoms with Gasteiger partial charge in [-0.3, -0.25) is 9.48 Å². The van der Waals surface area contributed by atoms with Crippen LogP contribution < -0.4 is 5.32 Å². The number of nitrogens with one attached hydrogen (secondary N) is 1. The molecule has 0 aliphatic heterocycles. The Kier molecular flexibility index (Phi) is 5.76. The van der Waals surface area contributed by atoms with Crippen LogP contribution in [-0.4, -0.2) is 46.5 Å². The number of hydrogen-bond donors (Lipinski definition) is 2. The average Bonchev–Trinajstić information content (AvgIpc) is 3.28. The molecule has 7 heteroatoms. The third kappa shape index (κ3) is 4.10. The number of aliphatic carboxylic acids is 1. The lowest BCUT2D eigenvalue weighted by Crippen LogP contribution is -2.41. The first kappa shape index (κ1) is 17.5. The van der Waals surface area contributed by atoms with Crippen LogP contribution >= 0.6 is 0 Å². The highest BCUT2D eigenvalue weighted by Gasteiger charge is 2.34. The van der Waals surface area contributed by atoms with E-state index in [1.54, 1.807) is 6.20 Å². The van der Waals surface area contributed by atoms with E-state index in [9.17, 15) is 14.7 Å². The summed E-state index contributed by atoms with van der Waals surface area (Å²) in [5, 5.41) is 16.2. The summed E-state index contributed by atoms with van der Waals surface area (Å²) in [6.07, 6.45) is 4.82. The Morgan fingerprint density at radius 1 is 1.52 bits per heavy atom. The van der Waals surface area contributed by atoms with Crippen LogP contribution in [0.3, 0.4) is 0 Å². The molecular formula is C16H25N3O4. The first-order valence-electron chi connectivity index (χ1n) is 8.09. The summed E-state index contributed by atoms with van der Waals surface area (Å²) in [4.78, 5) is 23.8. The zero-order valence-electron chi connectivity index (χ0n) is 13.9. The van der Waals surface area contributed by atoms with Crippen LogP contribution in [-0.2, 0) is 9.53 Å². The van der Waals surface area contributed by atoms with Crippen molar-refractivity contribution in [2.45, 2.75) is 57.5 Å². The predicted molar refractivity (Wildman–Crippen MR) is 84.6 cm³/mol. The highest BCUT2D eigenvalue weighted by atomic mass is 16.5. The summed E-state index contributed by atoms with van der Waals surface area (Å²) in [7, 11) is 1.50. The minimum atomic E-state index is -1.06. The Balaban J connectivity index is 2.18. The summed E-state index contributed by atoms with van der Waals surface area (Å²) >= 11 is 0. The second kappa shape index (κ2) is 7.59. The molecule has 0 aromatic carbocycles. The normalized spacial score (nSPS) is 16.8. The van der Waals surface area contributed by atoms with Gasteiger partial charge < -0.3 is 15.2 Å². The molecule has 128 valence electrons. The largest absolute Gasteiger partial charge is 0.480 e. The standard InChI is InChI=1S/C16H25N3O4/c1-4-10(2)19-14(11-5-6-11)12(9-17-19)15(20)18-13(16(21)22)7-8-23-3/h9-11,13H,4-8H2,1-3H3,(H,18,20)(H,21,22). The van der Waals surface area contributed by atoms with Gasteiger partial charge in [0, 0.05) is 32.1 Å². The molecule has 2 N–H and O–H groups in total. The number of rotatable bonds is 9. The number of carbonyl (C=O) groups excluding carboxylic acids is 1. The van der Waals surface area contributed by atoms with Crippen molar-refractivity contribution in [3.05, 3.63) is 17.5 Å². The summed E-state index contributed by atoms with van der Waals surface area (Å²) in [5.74, 6) is -1.07. The van der Waals surface area contributed by atoms with Gasteiger partial charge in [-0.05, 0) is 26.2 Å². The van der Waals surface area contributed by atoms with E-state index >= 15 is 0 Å². The van der Waals surface area contributed by atoms with E-state index in [-0.39, 0.29) is 25.0 Å². The van der Waals surface area contributed by atoms with Gasteiger partial charge in [0.05, 0.1) is 17.5 Å². The van der Waals surface area contributed by atoms with Crippen molar-refractivity contribution in [2.75, 3.05) is 13.7 Å². The fourth-order valence-electron chi connectivity index (χ4n) is 2.56. The molecule has 0 saturated heterocycles. The van der Waals surface area contributed by atoms with Gasteiger partial charge in [-0.2, -0.15) is 5.10 Å². The van der Waals surface area contributed by atoms with Crippen molar-refractivity contribution in [3.63, 3.8) is 0 Å². The van der Waals surface area contributed by atoms with Gasteiger partial charge in [0.1, 0.15) is 6.04 Å². The zero-order valence-corrected chi connectivity index (χ0v) is 13.9. The lowest BCUT2D eigenvalue weighted by molar-refractivity contribution is -0.139. The quantitative estimate of drug-likeness (QED) is 0.724. The van der Waals surface area contributed by atoms with Crippen molar-refractivity contribution in [1.29, 1.82) is 0 Å². The molecule has 1 fully saturated rings. The van der Waals surface area contributed by atoms with Crippen LogP contribution in [0, 0.1) is 0 Å². The third-order valence-electron chi connectivity index (χ3n) is 4.27. The molecule has 23 heavy (non-hydrogen) atoms. The lowest BCUT2D eigenvalue weighted by Gasteiger charge is -2.16. The third-order valence-corrected chi connectivity index (χ3v) is 4.27. The van der Waals surface area contributed by atoms with Crippen molar-refractivity contribution >= 4 is 11.9 Å². The fraction of sp³-hybridized carbons (Fsp3) is 0.688. The predicted octanol–water partition coefficient (Wildman–Crippen LogP) is 1.95. The van der Waals surface area contributed by atoms with Crippen molar-refractivity contribution in [2.24, 2.45) is 0 Å². The Bertz CT molecular complexity index is 566.